The summed E-state index contributed by atoms with van der Waals surface area (Å²) in [7, 11) is 1.70. The van der Waals surface area contributed by atoms with Gasteiger partial charge in [-0.15, -0.1) is 0 Å². The number of ether oxygens (including phenoxy) is 1. The molecule has 0 amide bonds. The van der Waals surface area contributed by atoms with Crippen molar-refractivity contribution in [2.24, 2.45) is 0 Å². The lowest BCUT2D eigenvalue weighted by atomic mass is 9.73. The Balaban J connectivity index is 2.26. The molecule has 1 aliphatic rings. The molecule has 15 heavy (non-hydrogen) atoms. The zero-order chi connectivity index (χ0) is 10.9. The van der Waals surface area contributed by atoms with E-state index < -0.39 is 5.60 Å². The SMILES string of the molecule is COCc1ccc(C2(O)CCC2)c(C)c1. The summed E-state index contributed by atoms with van der Waals surface area (Å²) in [5.74, 6) is 0. The van der Waals surface area contributed by atoms with E-state index in [0.29, 0.717) is 6.61 Å². The predicted molar refractivity (Wildman–Crippen MR) is 59.6 cm³/mol. The lowest BCUT2D eigenvalue weighted by molar-refractivity contribution is -0.0393. The van der Waals surface area contributed by atoms with Crippen molar-refractivity contribution in [2.45, 2.75) is 38.4 Å². The van der Waals surface area contributed by atoms with Crippen molar-refractivity contribution in [1.82, 2.24) is 0 Å². The maximum absolute atomic E-state index is 10.3. The van der Waals surface area contributed by atoms with Gasteiger partial charge < -0.3 is 9.84 Å². The molecule has 0 radical (unpaired) electrons. The maximum atomic E-state index is 10.3. The van der Waals surface area contributed by atoms with Gasteiger partial charge in [0.15, 0.2) is 0 Å². The smallest absolute Gasteiger partial charge is 0.0899 e. The highest BCUT2D eigenvalue weighted by Gasteiger charge is 2.37. The normalized spacial score (nSPS) is 18.6. The minimum Gasteiger partial charge on any atom is -0.385 e. The second-order valence-electron chi connectivity index (χ2n) is 4.47. The zero-order valence-electron chi connectivity index (χ0n) is 9.42. The molecule has 82 valence electrons. The summed E-state index contributed by atoms with van der Waals surface area (Å²) in [6, 6.07) is 6.19. The molecule has 2 rings (SSSR count). The topological polar surface area (TPSA) is 29.5 Å². The van der Waals surface area contributed by atoms with E-state index in [-0.39, 0.29) is 0 Å². The monoisotopic (exact) mass is 206 g/mol. The van der Waals surface area contributed by atoms with E-state index in [4.69, 9.17) is 4.74 Å². The summed E-state index contributed by atoms with van der Waals surface area (Å²) < 4.78 is 5.09. The van der Waals surface area contributed by atoms with Gasteiger partial charge in [0.25, 0.3) is 0 Å². The van der Waals surface area contributed by atoms with E-state index in [1.165, 1.54) is 11.1 Å². The van der Waals surface area contributed by atoms with Crippen molar-refractivity contribution >= 4 is 0 Å². The van der Waals surface area contributed by atoms with Gasteiger partial charge in [0.05, 0.1) is 12.2 Å². The number of aliphatic hydroxyl groups is 1. The van der Waals surface area contributed by atoms with Crippen molar-refractivity contribution in [3.05, 3.63) is 34.9 Å². The summed E-state index contributed by atoms with van der Waals surface area (Å²) in [4.78, 5) is 0. The van der Waals surface area contributed by atoms with Crippen molar-refractivity contribution in [1.29, 1.82) is 0 Å². The average molecular weight is 206 g/mol. The molecule has 0 aromatic heterocycles. The van der Waals surface area contributed by atoms with Crippen molar-refractivity contribution < 1.29 is 9.84 Å². The first-order valence-electron chi connectivity index (χ1n) is 5.47. The average Bonchev–Trinajstić information content (AvgIpc) is 2.15. The largest absolute Gasteiger partial charge is 0.385 e. The summed E-state index contributed by atoms with van der Waals surface area (Å²) in [6.45, 7) is 2.70. The fraction of sp³-hybridized carbons (Fsp3) is 0.538. The first-order chi connectivity index (χ1) is 7.15. The number of benzene rings is 1. The van der Waals surface area contributed by atoms with Crippen molar-refractivity contribution in [2.75, 3.05) is 7.11 Å². The van der Waals surface area contributed by atoms with Gasteiger partial charge in [-0.25, -0.2) is 0 Å². The Kier molecular flexibility index (Phi) is 2.81. The van der Waals surface area contributed by atoms with Crippen LogP contribution < -0.4 is 0 Å². The lowest BCUT2D eigenvalue weighted by Gasteiger charge is -2.38. The van der Waals surface area contributed by atoms with Crippen molar-refractivity contribution in [3.63, 3.8) is 0 Å². The molecule has 2 heteroatoms. The number of hydrogen-bond donors (Lipinski definition) is 1. The molecule has 1 fully saturated rings. The first kappa shape index (κ1) is 10.7. The highest BCUT2D eigenvalue weighted by molar-refractivity contribution is 5.36. The van der Waals surface area contributed by atoms with Crippen LogP contribution in [0.15, 0.2) is 18.2 Å². The molecule has 0 saturated heterocycles. The van der Waals surface area contributed by atoms with E-state index >= 15 is 0 Å². The molecular weight excluding hydrogens is 188 g/mol. The number of aryl methyl sites for hydroxylation is 1. The summed E-state index contributed by atoms with van der Waals surface area (Å²) in [5.41, 5.74) is 2.89. The molecule has 1 aromatic carbocycles. The van der Waals surface area contributed by atoms with Crippen LogP contribution in [0, 0.1) is 6.92 Å². The third kappa shape index (κ3) is 1.92. The van der Waals surface area contributed by atoms with Crippen LogP contribution >= 0.6 is 0 Å². The highest BCUT2D eigenvalue weighted by Crippen LogP contribution is 2.42. The van der Waals surface area contributed by atoms with Gasteiger partial charge in [0, 0.05) is 7.11 Å². The van der Waals surface area contributed by atoms with Crippen LogP contribution in [0.25, 0.3) is 0 Å². The van der Waals surface area contributed by atoms with E-state index in [1.54, 1.807) is 7.11 Å². The molecule has 1 aromatic rings. The summed E-state index contributed by atoms with van der Waals surface area (Å²) in [5, 5.41) is 10.3. The first-order valence-corrected chi connectivity index (χ1v) is 5.47. The third-order valence-corrected chi connectivity index (χ3v) is 3.28. The zero-order valence-corrected chi connectivity index (χ0v) is 9.42. The van der Waals surface area contributed by atoms with E-state index in [0.717, 1.165) is 24.8 Å². The van der Waals surface area contributed by atoms with E-state index in [9.17, 15) is 5.11 Å². The second-order valence-corrected chi connectivity index (χ2v) is 4.47. The van der Waals surface area contributed by atoms with Crippen LogP contribution in [0.5, 0.6) is 0 Å². The van der Waals surface area contributed by atoms with Gasteiger partial charge >= 0.3 is 0 Å². The van der Waals surface area contributed by atoms with Gasteiger partial charge in [-0.2, -0.15) is 0 Å². The number of hydrogen-bond acceptors (Lipinski definition) is 2. The Morgan fingerprint density at radius 1 is 1.40 bits per heavy atom. The standard InChI is InChI=1S/C13H18O2/c1-10-8-11(9-15-2)4-5-12(10)13(14)6-3-7-13/h4-5,8,14H,3,6-7,9H2,1-2H3. The summed E-state index contributed by atoms with van der Waals surface area (Å²) >= 11 is 0. The van der Waals surface area contributed by atoms with Gasteiger partial charge in [-0.3, -0.25) is 0 Å². The van der Waals surface area contributed by atoms with Crippen LogP contribution in [0.2, 0.25) is 0 Å². The Bertz CT molecular complexity index is 354. The molecule has 2 nitrogen and oxygen atoms in total. The molecule has 0 heterocycles. The van der Waals surface area contributed by atoms with E-state index in [1.807, 2.05) is 12.1 Å². The fourth-order valence-electron chi connectivity index (χ4n) is 2.29. The molecule has 0 unspecified atom stereocenters. The maximum Gasteiger partial charge on any atom is 0.0899 e. The van der Waals surface area contributed by atoms with Crippen LogP contribution in [-0.2, 0) is 16.9 Å². The Labute approximate surface area is 90.9 Å². The van der Waals surface area contributed by atoms with Crippen LogP contribution in [-0.4, -0.2) is 12.2 Å². The molecule has 0 atom stereocenters. The second kappa shape index (κ2) is 3.95. The molecular formula is C13H18O2. The highest BCUT2D eigenvalue weighted by atomic mass is 16.5. The van der Waals surface area contributed by atoms with Crippen molar-refractivity contribution in [3.8, 4) is 0 Å². The van der Waals surface area contributed by atoms with Gasteiger partial charge in [0.1, 0.15) is 0 Å². The molecule has 0 spiro atoms. The number of methoxy groups -OCH3 is 1. The summed E-state index contributed by atoms with van der Waals surface area (Å²) in [6.07, 6.45) is 2.94. The van der Waals surface area contributed by atoms with Gasteiger partial charge in [-0.1, -0.05) is 18.2 Å². The Morgan fingerprint density at radius 2 is 2.13 bits per heavy atom. The molecule has 0 aliphatic heterocycles. The fourth-order valence-corrected chi connectivity index (χ4v) is 2.29. The number of rotatable bonds is 3. The minimum atomic E-state index is -0.546. The van der Waals surface area contributed by atoms with Crippen LogP contribution in [0.1, 0.15) is 36.0 Å². The molecule has 1 N–H and O–H groups in total. The van der Waals surface area contributed by atoms with Gasteiger partial charge in [0.2, 0.25) is 0 Å². The Hall–Kier alpha value is -0.860. The predicted octanol–water partition coefficient (Wildman–Crippen LogP) is 2.51. The molecule has 0 bridgehead atoms. The minimum absolute atomic E-state index is 0.546. The van der Waals surface area contributed by atoms with E-state index in [2.05, 4.69) is 13.0 Å². The van der Waals surface area contributed by atoms with Crippen LogP contribution in [0.4, 0.5) is 0 Å². The Morgan fingerprint density at radius 3 is 2.60 bits per heavy atom. The quantitative estimate of drug-likeness (QED) is 0.823. The molecule has 1 saturated carbocycles. The van der Waals surface area contributed by atoms with Gasteiger partial charge in [-0.05, 0) is 42.9 Å². The molecule has 1 aliphatic carbocycles. The lowest BCUT2D eigenvalue weighted by Crippen LogP contribution is -2.34. The van der Waals surface area contributed by atoms with Crippen LogP contribution in [0.3, 0.4) is 0 Å². The third-order valence-electron chi connectivity index (χ3n) is 3.28.